The molecule has 0 N–H and O–H groups in total. The van der Waals surface area contributed by atoms with Crippen LogP contribution in [0.25, 0.3) is 0 Å². The molecule has 20 heavy (non-hydrogen) atoms. The Morgan fingerprint density at radius 1 is 1.35 bits per heavy atom. The van der Waals surface area contributed by atoms with Crippen LogP contribution in [0.1, 0.15) is 17.4 Å². The fraction of sp³-hybridized carbons (Fsp3) is 0.167. The van der Waals surface area contributed by atoms with Gasteiger partial charge >= 0.3 is 5.97 Å². The number of aromatic nitrogens is 1. The number of hydrogen-bond acceptors (Lipinski definition) is 6. The third kappa shape index (κ3) is 2.84. The summed E-state index contributed by atoms with van der Waals surface area (Å²) in [5.41, 5.74) is 1.11. The predicted octanol–water partition coefficient (Wildman–Crippen LogP) is 2.81. The fourth-order valence-corrected chi connectivity index (χ4v) is 4.13. The number of carbonyl (C=O) groups is 1. The van der Waals surface area contributed by atoms with Crippen LogP contribution in [0, 0.1) is 0 Å². The Balaban J connectivity index is 2.48. The van der Waals surface area contributed by atoms with Crippen LogP contribution in [0.2, 0.25) is 5.02 Å². The van der Waals surface area contributed by atoms with E-state index in [2.05, 4.69) is 4.98 Å². The molecule has 0 aliphatic heterocycles. The van der Waals surface area contributed by atoms with Gasteiger partial charge in [-0.05, 0) is 31.2 Å². The quantitative estimate of drug-likeness (QED) is 0.805. The minimum absolute atomic E-state index is 0.0525. The molecule has 0 radical (unpaired) electrons. The predicted molar refractivity (Wildman–Crippen MR) is 75.0 cm³/mol. The second kappa shape index (κ2) is 5.90. The van der Waals surface area contributed by atoms with Gasteiger partial charge in [0.05, 0.1) is 17.0 Å². The second-order valence-electron chi connectivity index (χ2n) is 3.67. The number of rotatable bonds is 4. The minimum Gasteiger partial charge on any atom is -0.461 e. The molecular weight excluding hydrogens is 322 g/mol. The van der Waals surface area contributed by atoms with Gasteiger partial charge in [0.1, 0.15) is 0 Å². The highest BCUT2D eigenvalue weighted by atomic mass is 35.5. The highest BCUT2D eigenvalue weighted by molar-refractivity contribution is 7.93. The summed E-state index contributed by atoms with van der Waals surface area (Å²) in [5, 5.41) is 0.430. The van der Waals surface area contributed by atoms with Crippen molar-refractivity contribution in [1.29, 1.82) is 0 Å². The maximum Gasteiger partial charge on any atom is 0.359 e. The van der Waals surface area contributed by atoms with Crippen molar-refractivity contribution in [2.24, 2.45) is 0 Å². The number of sulfone groups is 1. The molecule has 5 nitrogen and oxygen atoms in total. The number of ether oxygens (including phenoxy) is 1. The molecule has 2 aromatic rings. The van der Waals surface area contributed by atoms with Crippen molar-refractivity contribution in [3.05, 3.63) is 40.5 Å². The van der Waals surface area contributed by atoms with Gasteiger partial charge < -0.3 is 4.74 Å². The lowest BCUT2D eigenvalue weighted by atomic mass is 10.4. The first-order valence-corrected chi connectivity index (χ1v) is 8.32. The van der Waals surface area contributed by atoms with Crippen molar-refractivity contribution in [2.45, 2.75) is 16.0 Å². The normalized spacial score (nSPS) is 11.3. The number of halogens is 1. The number of benzene rings is 1. The highest BCUT2D eigenvalue weighted by Crippen LogP contribution is 2.28. The zero-order valence-electron chi connectivity index (χ0n) is 10.4. The zero-order chi connectivity index (χ0) is 14.8. The maximum atomic E-state index is 12.5. The Kier molecular flexibility index (Phi) is 4.42. The molecule has 1 aromatic carbocycles. The van der Waals surface area contributed by atoms with E-state index in [-0.39, 0.29) is 21.4 Å². The molecule has 106 valence electrons. The summed E-state index contributed by atoms with van der Waals surface area (Å²) in [6.07, 6.45) is 0. The van der Waals surface area contributed by atoms with Gasteiger partial charge in [-0.15, -0.1) is 11.3 Å². The van der Waals surface area contributed by atoms with Crippen molar-refractivity contribution in [3.8, 4) is 0 Å². The summed E-state index contributed by atoms with van der Waals surface area (Å²) >= 11 is 6.61. The first-order chi connectivity index (χ1) is 9.46. The molecule has 0 amide bonds. The Labute approximate surface area is 125 Å². The Bertz CT molecular complexity index is 722. The molecule has 8 heteroatoms. The van der Waals surface area contributed by atoms with Crippen LogP contribution in [0.15, 0.2) is 38.9 Å². The van der Waals surface area contributed by atoms with Gasteiger partial charge in [-0.25, -0.2) is 18.2 Å². The van der Waals surface area contributed by atoms with Gasteiger partial charge in [0.15, 0.2) is 9.90 Å². The first-order valence-electron chi connectivity index (χ1n) is 5.58. The van der Waals surface area contributed by atoms with Crippen molar-refractivity contribution in [3.63, 3.8) is 0 Å². The van der Waals surface area contributed by atoms with Crippen molar-refractivity contribution >= 4 is 38.7 Å². The van der Waals surface area contributed by atoms with Crippen LogP contribution >= 0.6 is 22.9 Å². The van der Waals surface area contributed by atoms with Crippen LogP contribution < -0.4 is 0 Å². The average molecular weight is 332 g/mol. The van der Waals surface area contributed by atoms with Gasteiger partial charge in [0, 0.05) is 5.02 Å². The molecule has 0 spiro atoms. The molecular formula is C12H10ClNO4S2. The Morgan fingerprint density at radius 3 is 2.60 bits per heavy atom. The lowest BCUT2D eigenvalue weighted by molar-refractivity contribution is 0.0516. The van der Waals surface area contributed by atoms with E-state index in [1.54, 1.807) is 6.92 Å². The summed E-state index contributed by atoms with van der Waals surface area (Å²) in [6.45, 7) is 1.79. The third-order valence-corrected chi connectivity index (χ3v) is 5.76. The zero-order valence-corrected chi connectivity index (χ0v) is 12.8. The van der Waals surface area contributed by atoms with E-state index in [0.29, 0.717) is 5.02 Å². The highest BCUT2D eigenvalue weighted by Gasteiger charge is 2.28. The van der Waals surface area contributed by atoms with Crippen LogP contribution in [-0.2, 0) is 14.6 Å². The molecule has 0 saturated carbocycles. The van der Waals surface area contributed by atoms with Gasteiger partial charge in [-0.3, -0.25) is 0 Å². The molecule has 0 saturated heterocycles. The number of thiazole rings is 1. The molecule has 1 heterocycles. The summed E-state index contributed by atoms with van der Waals surface area (Å²) in [4.78, 5) is 15.5. The summed E-state index contributed by atoms with van der Waals surface area (Å²) in [6, 6.07) is 5.71. The second-order valence-corrected chi connectivity index (χ2v) is 7.10. The molecule has 2 rings (SSSR count). The lowest BCUT2D eigenvalue weighted by Crippen LogP contribution is -2.11. The molecule has 0 fully saturated rings. The van der Waals surface area contributed by atoms with Crippen molar-refractivity contribution in [2.75, 3.05) is 6.61 Å². The maximum absolute atomic E-state index is 12.5. The fourth-order valence-electron chi connectivity index (χ4n) is 1.48. The summed E-state index contributed by atoms with van der Waals surface area (Å²) in [7, 11) is -3.81. The van der Waals surface area contributed by atoms with Gasteiger partial charge in [0.25, 0.3) is 0 Å². The van der Waals surface area contributed by atoms with Gasteiger partial charge in [-0.1, -0.05) is 11.6 Å². The number of hydrogen-bond donors (Lipinski definition) is 0. The molecule has 0 atom stereocenters. The van der Waals surface area contributed by atoms with Gasteiger partial charge in [-0.2, -0.15) is 0 Å². The number of nitrogens with zero attached hydrogens (tertiary/aromatic N) is 1. The molecule has 0 bridgehead atoms. The minimum atomic E-state index is -3.81. The third-order valence-electron chi connectivity index (χ3n) is 2.37. The van der Waals surface area contributed by atoms with Crippen LogP contribution in [0.3, 0.4) is 0 Å². The lowest BCUT2D eigenvalue weighted by Gasteiger charge is -2.04. The molecule has 1 aromatic heterocycles. The van der Waals surface area contributed by atoms with E-state index in [1.165, 1.54) is 29.8 Å². The SMILES string of the molecule is CCOC(=O)c1ncsc1S(=O)(=O)c1ccc(Cl)cc1. The molecule has 0 aliphatic carbocycles. The molecule has 0 unspecified atom stereocenters. The Hall–Kier alpha value is -1.44. The van der Waals surface area contributed by atoms with E-state index >= 15 is 0 Å². The first kappa shape index (κ1) is 15.0. The van der Waals surface area contributed by atoms with E-state index in [4.69, 9.17) is 16.3 Å². The standard InChI is InChI=1S/C12H10ClNO4S2/c1-2-18-11(15)10-12(19-7-14-10)20(16,17)9-5-3-8(13)4-6-9/h3-7H,2H2,1H3. The number of carbonyl (C=O) groups excluding carboxylic acids is 1. The Morgan fingerprint density at radius 2 is 2.00 bits per heavy atom. The summed E-state index contributed by atoms with van der Waals surface area (Å²) in [5.74, 6) is -0.749. The van der Waals surface area contributed by atoms with Crippen LogP contribution in [0.5, 0.6) is 0 Å². The monoisotopic (exact) mass is 331 g/mol. The van der Waals surface area contributed by atoms with E-state index in [1.807, 2.05) is 0 Å². The van der Waals surface area contributed by atoms with Crippen LogP contribution in [0.4, 0.5) is 0 Å². The topological polar surface area (TPSA) is 73.3 Å². The van der Waals surface area contributed by atoms with Gasteiger partial charge in [0.2, 0.25) is 9.84 Å². The average Bonchev–Trinajstić information content (AvgIpc) is 2.89. The largest absolute Gasteiger partial charge is 0.461 e. The number of esters is 1. The van der Waals surface area contributed by atoms with E-state index in [0.717, 1.165) is 11.3 Å². The smallest absolute Gasteiger partial charge is 0.359 e. The van der Waals surface area contributed by atoms with E-state index in [9.17, 15) is 13.2 Å². The van der Waals surface area contributed by atoms with Crippen molar-refractivity contribution < 1.29 is 17.9 Å². The summed E-state index contributed by atoms with van der Waals surface area (Å²) < 4.78 is 29.6. The van der Waals surface area contributed by atoms with Crippen molar-refractivity contribution in [1.82, 2.24) is 4.98 Å². The molecule has 0 aliphatic rings. The van der Waals surface area contributed by atoms with E-state index < -0.39 is 15.8 Å². The van der Waals surface area contributed by atoms with Crippen LogP contribution in [-0.4, -0.2) is 26.0 Å².